The molecule has 0 atom stereocenters. The van der Waals surface area contributed by atoms with Gasteiger partial charge >= 0.3 is 6.09 Å². The Labute approximate surface area is 154 Å². The number of carbonyl (C=O) groups is 2. The quantitative estimate of drug-likeness (QED) is 0.614. The van der Waals surface area contributed by atoms with Gasteiger partial charge in [0.15, 0.2) is 5.13 Å². The zero-order valence-electron chi connectivity index (χ0n) is 14.9. The molecule has 2 aromatic carbocycles. The van der Waals surface area contributed by atoms with Crippen LogP contribution >= 0.6 is 11.3 Å². The first-order valence-electron chi connectivity index (χ1n) is 8.05. The van der Waals surface area contributed by atoms with Crippen LogP contribution in [-0.4, -0.2) is 22.1 Å². The van der Waals surface area contributed by atoms with E-state index in [1.807, 2.05) is 39.8 Å². The van der Waals surface area contributed by atoms with Gasteiger partial charge in [0, 0.05) is 11.3 Å². The topological polar surface area (TPSA) is 91.3 Å². The number of aryl methyl sites for hydroxylation is 4. The van der Waals surface area contributed by atoms with Crippen molar-refractivity contribution in [3.05, 3.63) is 52.1 Å². The number of carboxylic acid groups (broad SMARTS) is 1. The fourth-order valence-corrected chi connectivity index (χ4v) is 4.01. The van der Waals surface area contributed by atoms with Crippen molar-refractivity contribution in [2.45, 2.75) is 27.7 Å². The number of benzene rings is 2. The van der Waals surface area contributed by atoms with E-state index in [4.69, 9.17) is 5.11 Å². The lowest BCUT2D eigenvalue weighted by atomic mass is 10.0. The van der Waals surface area contributed by atoms with Crippen molar-refractivity contribution in [1.82, 2.24) is 4.98 Å². The lowest BCUT2D eigenvalue weighted by Crippen LogP contribution is -2.14. The fourth-order valence-electron chi connectivity index (χ4n) is 3.04. The van der Waals surface area contributed by atoms with E-state index in [0.717, 1.165) is 32.6 Å². The molecule has 6 nitrogen and oxygen atoms in total. The molecular weight excluding hydrogens is 350 g/mol. The molecule has 0 saturated carbocycles. The molecule has 2 amide bonds. The molecule has 0 spiro atoms. The summed E-state index contributed by atoms with van der Waals surface area (Å²) in [4.78, 5) is 27.8. The van der Waals surface area contributed by atoms with Crippen LogP contribution in [0.4, 0.5) is 15.6 Å². The van der Waals surface area contributed by atoms with E-state index in [1.165, 1.54) is 11.3 Å². The Kier molecular flexibility index (Phi) is 4.65. The third kappa shape index (κ3) is 3.52. The van der Waals surface area contributed by atoms with Crippen molar-refractivity contribution < 1.29 is 14.7 Å². The first kappa shape index (κ1) is 17.9. The van der Waals surface area contributed by atoms with Crippen LogP contribution in [0.1, 0.15) is 32.6 Å². The largest absolute Gasteiger partial charge is 0.465 e. The number of rotatable bonds is 3. The van der Waals surface area contributed by atoms with Crippen LogP contribution in [0, 0.1) is 27.7 Å². The van der Waals surface area contributed by atoms with E-state index >= 15 is 0 Å². The van der Waals surface area contributed by atoms with Crippen LogP contribution in [0.5, 0.6) is 0 Å². The minimum atomic E-state index is -1.16. The molecule has 0 saturated heterocycles. The summed E-state index contributed by atoms with van der Waals surface area (Å²) >= 11 is 1.20. The number of aromatic nitrogens is 1. The van der Waals surface area contributed by atoms with Crippen molar-refractivity contribution in [3.63, 3.8) is 0 Å². The molecule has 0 aliphatic carbocycles. The Hall–Kier alpha value is -2.93. The van der Waals surface area contributed by atoms with Gasteiger partial charge in [-0.1, -0.05) is 29.0 Å². The minimum absolute atomic E-state index is 0.203. The SMILES string of the molecule is Cc1cc(C)c(NC(=O)c2cc(C)c3nc(NC(=O)O)sc3c2)c(C)c1. The summed E-state index contributed by atoms with van der Waals surface area (Å²) in [6.45, 7) is 7.81. The fraction of sp³-hybridized carbons (Fsp3) is 0.211. The van der Waals surface area contributed by atoms with Crippen molar-refractivity contribution in [3.8, 4) is 0 Å². The smallest absolute Gasteiger partial charge is 0.410 e. The maximum absolute atomic E-state index is 12.7. The van der Waals surface area contributed by atoms with Crippen LogP contribution in [0.25, 0.3) is 10.2 Å². The minimum Gasteiger partial charge on any atom is -0.465 e. The molecule has 0 fully saturated rings. The zero-order valence-corrected chi connectivity index (χ0v) is 15.7. The summed E-state index contributed by atoms with van der Waals surface area (Å²) in [5.41, 5.74) is 6.02. The second-order valence-corrected chi connectivity index (χ2v) is 7.35. The van der Waals surface area contributed by atoms with Crippen LogP contribution in [0.3, 0.4) is 0 Å². The summed E-state index contributed by atoms with van der Waals surface area (Å²) < 4.78 is 0.760. The van der Waals surface area contributed by atoms with Gasteiger partial charge < -0.3 is 10.4 Å². The van der Waals surface area contributed by atoms with Crippen molar-refractivity contribution in [2.75, 3.05) is 10.6 Å². The molecule has 0 radical (unpaired) electrons. The van der Waals surface area contributed by atoms with Gasteiger partial charge in [-0.15, -0.1) is 0 Å². The average Bonchev–Trinajstić information content (AvgIpc) is 2.92. The van der Waals surface area contributed by atoms with Crippen LogP contribution in [0.2, 0.25) is 0 Å². The molecule has 0 aliphatic rings. The number of fused-ring (bicyclic) bond motifs is 1. The van der Waals surface area contributed by atoms with Gasteiger partial charge in [0.05, 0.1) is 10.2 Å². The van der Waals surface area contributed by atoms with Gasteiger partial charge in [-0.2, -0.15) is 0 Å². The lowest BCUT2D eigenvalue weighted by Gasteiger charge is -2.13. The van der Waals surface area contributed by atoms with Crippen molar-refractivity contribution in [1.29, 1.82) is 0 Å². The molecule has 0 bridgehead atoms. The predicted molar refractivity (Wildman–Crippen MR) is 105 cm³/mol. The van der Waals surface area contributed by atoms with Crippen LogP contribution < -0.4 is 10.6 Å². The van der Waals surface area contributed by atoms with E-state index < -0.39 is 6.09 Å². The molecule has 1 aromatic heterocycles. The number of nitrogens with one attached hydrogen (secondary N) is 2. The Balaban J connectivity index is 1.95. The van der Waals surface area contributed by atoms with Gasteiger partial charge in [0.2, 0.25) is 0 Å². The highest BCUT2D eigenvalue weighted by Crippen LogP contribution is 2.30. The van der Waals surface area contributed by atoms with Gasteiger partial charge in [-0.05, 0) is 56.5 Å². The van der Waals surface area contributed by atoms with Gasteiger partial charge in [0.1, 0.15) is 0 Å². The van der Waals surface area contributed by atoms with Crippen molar-refractivity contribution in [2.24, 2.45) is 0 Å². The van der Waals surface area contributed by atoms with Crippen LogP contribution in [0.15, 0.2) is 24.3 Å². The standard InChI is InChI=1S/C19H19N3O3S/c1-9-5-10(2)15(11(3)6-9)20-17(23)13-7-12(4)16-14(8-13)26-18(21-16)22-19(24)25/h5-8H,1-4H3,(H,20,23)(H,21,22)(H,24,25). The molecule has 1 heterocycles. The number of nitrogens with zero attached hydrogens (tertiary/aromatic N) is 1. The normalized spacial score (nSPS) is 10.8. The molecule has 7 heteroatoms. The highest BCUT2D eigenvalue weighted by molar-refractivity contribution is 7.22. The number of hydrogen-bond acceptors (Lipinski definition) is 4. The van der Waals surface area contributed by atoms with Gasteiger partial charge in [0.25, 0.3) is 5.91 Å². The van der Waals surface area contributed by atoms with E-state index in [2.05, 4.69) is 15.6 Å². The van der Waals surface area contributed by atoms with Crippen molar-refractivity contribution >= 4 is 44.4 Å². The Bertz CT molecular complexity index is 1020. The van der Waals surface area contributed by atoms with E-state index in [-0.39, 0.29) is 5.91 Å². The third-order valence-corrected chi connectivity index (χ3v) is 4.99. The number of carbonyl (C=O) groups excluding carboxylic acids is 1. The number of hydrogen-bond donors (Lipinski definition) is 3. The molecular formula is C19H19N3O3S. The Morgan fingerprint density at radius 1 is 0.962 bits per heavy atom. The first-order chi connectivity index (χ1) is 12.2. The summed E-state index contributed by atoms with van der Waals surface area (Å²) in [7, 11) is 0. The van der Waals surface area contributed by atoms with Gasteiger partial charge in [-0.25, -0.2) is 9.78 Å². The Morgan fingerprint density at radius 2 is 1.62 bits per heavy atom. The van der Waals surface area contributed by atoms with Gasteiger partial charge in [-0.3, -0.25) is 10.1 Å². The first-order valence-corrected chi connectivity index (χ1v) is 8.86. The molecule has 3 rings (SSSR count). The Morgan fingerprint density at radius 3 is 2.23 bits per heavy atom. The second-order valence-electron chi connectivity index (χ2n) is 6.32. The maximum atomic E-state index is 12.7. The molecule has 3 N–H and O–H groups in total. The monoisotopic (exact) mass is 369 g/mol. The summed E-state index contributed by atoms with van der Waals surface area (Å²) in [6, 6.07) is 7.57. The second kappa shape index (κ2) is 6.76. The summed E-state index contributed by atoms with van der Waals surface area (Å²) in [6.07, 6.45) is -1.16. The molecule has 3 aromatic rings. The average molecular weight is 369 g/mol. The maximum Gasteiger partial charge on any atom is 0.410 e. The van der Waals surface area contributed by atoms with Crippen LogP contribution in [-0.2, 0) is 0 Å². The van der Waals surface area contributed by atoms with E-state index in [1.54, 1.807) is 12.1 Å². The van der Waals surface area contributed by atoms with E-state index in [0.29, 0.717) is 16.2 Å². The molecule has 0 aliphatic heterocycles. The summed E-state index contributed by atoms with van der Waals surface area (Å²) in [5, 5.41) is 14.4. The predicted octanol–water partition coefficient (Wildman–Crippen LogP) is 4.87. The number of amides is 2. The third-order valence-electron chi connectivity index (χ3n) is 4.08. The number of thiazole rings is 1. The molecule has 26 heavy (non-hydrogen) atoms. The molecule has 134 valence electrons. The molecule has 0 unspecified atom stereocenters. The highest BCUT2D eigenvalue weighted by atomic mass is 32.1. The highest BCUT2D eigenvalue weighted by Gasteiger charge is 2.15. The van der Waals surface area contributed by atoms with E-state index in [9.17, 15) is 9.59 Å². The summed E-state index contributed by atoms with van der Waals surface area (Å²) in [5.74, 6) is -0.203. The zero-order chi connectivity index (χ0) is 19.0. The number of anilines is 2. The lowest BCUT2D eigenvalue weighted by molar-refractivity contribution is 0.102.